The molecule has 2 N–H and O–H groups in total. The molecule has 1 fully saturated rings. The van der Waals surface area contributed by atoms with Crippen LogP contribution in [0, 0.1) is 0 Å². The Labute approximate surface area is 72.1 Å². The molecule has 0 saturated carbocycles. The summed E-state index contributed by atoms with van der Waals surface area (Å²) >= 11 is 0. The number of likely N-dealkylation sites (tertiary alicyclic amines) is 1. The van der Waals surface area contributed by atoms with Crippen LogP contribution in [0.15, 0.2) is 0 Å². The zero-order chi connectivity index (χ0) is 7.56. The van der Waals surface area contributed by atoms with Gasteiger partial charge in [-0.1, -0.05) is 0 Å². The minimum Gasteiger partial charge on any atom is -0.453 e. The molecule has 1 aliphatic heterocycles. The number of hydrogen-bond donors (Lipinski definition) is 1. The van der Waals surface area contributed by atoms with Crippen molar-refractivity contribution in [1.82, 2.24) is 4.90 Å². The van der Waals surface area contributed by atoms with E-state index in [9.17, 15) is 4.79 Å². The fourth-order valence-electron chi connectivity index (χ4n) is 1.08. The SMILES string of the molecule is COC(=O)N1CCC(N)C1.Cl. The van der Waals surface area contributed by atoms with Gasteiger partial charge in [-0.05, 0) is 6.42 Å². The van der Waals surface area contributed by atoms with Crippen LogP contribution >= 0.6 is 12.4 Å². The molecule has 1 atom stereocenters. The maximum absolute atomic E-state index is 10.8. The first-order valence-corrected chi connectivity index (χ1v) is 3.32. The van der Waals surface area contributed by atoms with E-state index in [0.29, 0.717) is 6.54 Å². The molecule has 1 aliphatic rings. The van der Waals surface area contributed by atoms with Gasteiger partial charge in [0.15, 0.2) is 0 Å². The number of rotatable bonds is 0. The van der Waals surface area contributed by atoms with Crippen LogP contribution in [0.2, 0.25) is 0 Å². The Bertz CT molecular complexity index is 143. The number of carbonyl (C=O) groups is 1. The van der Waals surface area contributed by atoms with Crippen LogP contribution in [0.25, 0.3) is 0 Å². The summed E-state index contributed by atoms with van der Waals surface area (Å²) in [5.74, 6) is 0. The Morgan fingerprint density at radius 1 is 1.73 bits per heavy atom. The van der Waals surface area contributed by atoms with Gasteiger partial charge < -0.3 is 15.4 Å². The number of amides is 1. The average Bonchev–Trinajstić information content (AvgIpc) is 2.34. The third-order valence-corrected chi connectivity index (χ3v) is 1.66. The first kappa shape index (κ1) is 10.5. The lowest BCUT2D eigenvalue weighted by molar-refractivity contribution is 0.132. The van der Waals surface area contributed by atoms with Crippen LogP contribution < -0.4 is 5.73 Å². The smallest absolute Gasteiger partial charge is 0.409 e. The van der Waals surface area contributed by atoms with Crippen molar-refractivity contribution < 1.29 is 9.53 Å². The number of carbonyl (C=O) groups excluding carboxylic acids is 1. The van der Waals surface area contributed by atoms with E-state index in [1.807, 2.05) is 0 Å². The van der Waals surface area contributed by atoms with Crippen LogP contribution in [-0.2, 0) is 4.74 Å². The molecule has 4 nitrogen and oxygen atoms in total. The number of nitrogens with two attached hydrogens (primary N) is 1. The van der Waals surface area contributed by atoms with Gasteiger partial charge >= 0.3 is 6.09 Å². The summed E-state index contributed by atoms with van der Waals surface area (Å²) in [6, 6.07) is 0.138. The van der Waals surface area contributed by atoms with E-state index in [2.05, 4.69) is 4.74 Å². The lowest BCUT2D eigenvalue weighted by atomic mass is 10.3. The molecule has 0 bridgehead atoms. The second kappa shape index (κ2) is 4.41. The van der Waals surface area contributed by atoms with Crippen molar-refractivity contribution in [3.8, 4) is 0 Å². The second-order valence-electron chi connectivity index (χ2n) is 2.46. The maximum atomic E-state index is 10.8. The molecule has 5 heteroatoms. The van der Waals surface area contributed by atoms with Crippen LogP contribution in [-0.4, -0.2) is 37.2 Å². The van der Waals surface area contributed by atoms with Crippen LogP contribution in [0.4, 0.5) is 4.79 Å². The Kier molecular flexibility index (Phi) is 4.22. The molecule has 0 radical (unpaired) electrons. The molecular weight excluding hydrogens is 168 g/mol. The number of ether oxygens (including phenoxy) is 1. The quantitative estimate of drug-likeness (QED) is 0.580. The van der Waals surface area contributed by atoms with E-state index in [4.69, 9.17) is 5.73 Å². The zero-order valence-electron chi connectivity index (χ0n) is 6.45. The predicted molar refractivity (Wildman–Crippen MR) is 43.8 cm³/mol. The molecule has 66 valence electrons. The van der Waals surface area contributed by atoms with Gasteiger partial charge in [-0.15, -0.1) is 12.4 Å². The Hall–Kier alpha value is -0.480. The van der Waals surface area contributed by atoms with E-state index in [0.717, 1.165) is 13.0 Å². The van der Waals surface area contributed by atoms with Gasteiger partial charge in [0.25, 0.3) is 0 Å². The third kappa shape index (κ3) is 2.55. The average molecular weight is 181 g/mol. The van der Waals surface area contributed by atoms with Crippen molar-refractivity contribution in [3.05, 3.63) is 0 Å². The predicted octanol–water partition coefficient (Wildman–Crippen LogP) is 0.208. The van der Waals surface area contributed by atoms with E-state index in [-0.39, 0.29) is 24.5 Å². The number of halogens is 1. The van der Waals surface area contributed by atoms with Crippen molar-refractivity contribution in [2.75, 3.05) is 20.2 Å². The van der Waals surface area contributed by atoms with Crippen molar-refractivity contribution in [3.63, 3.8) is 0 Å². The van der Waals surface area contributed by atoms with Crippen molar-refractivity contribution >= 4 is 18.5 Å². The molecule has 11 heavy (non-hydrogen) atoms. The fraction of sp³-hybridized carbons (Fsp3) is 0.833. The molecule has 0 aromatic carbocycles. The van der Waals surface area contributed by atoms with Crippen molar-refractivity contribution in [1.29, 1.82) is 0 Å². The standard InChI is InChI=1S/C6H12N2O2.ClH/c1-10-6(9)8-3-2-5(7)4-8;/h5H,2-4,7H2,1H3;1H. The van der Waals surface area contributed by atoms with E-state index in [1.54, 1.807) is 4.90 Å². The molecule has 1 rings (SSSR count). The summed E-state index contributed by atoms with van der Waals surface area (Å²) in [4.78, 5) is 12.4. The number of hydrogen-bond acceptors (Lipinski definition) is 3. The normalized spacial score (nSPS) is 22.7. The van der Waals surface area contributed by atoms with Crippen LogP contribution in [0.3, 0.4) is 0 Å². The number of nitrogens with zero attached hydrogens (tertiary/aromatic N) is 1. The summed E-state index contributed by atoms with van der Waals surface area (Å²) in [7, 11) is 1.38. The van der Waals surface area contributed by atoms with E-state index < -0.39 is 0 Å². The highest BCUT2D eigenvalue weighted by molar-refractivity contribution is 5.85. The number of methoxy groups -OCH3 is 1. The van der Waals surface area contributed by atoms with Gasteiger partial charge in [-0.2, -0.15) is 0 Å². The topological polar surface area (TPSA) is 55.6 Å². The Balaban J connectivity index is 0.000001000. The molecule has 1 saturated heterocycles. The zero-order valence-corrected chi connectivity index (χ0v) is 7.26. The molecule has 0 aromatic rings. The highest BCUT2D eigenvalue weighted by Crippen LogP contribution is 2.07. The summed E-state index contributed by atoms with van der Waals surface area (Å²) in [5, 5.41) is 0. The largest absolute Gasteiger partial charge is 0.453 e. The van der Waals surface area contributed by atoms with Gasteiger partial charge in [0.2, 0.25) is 0 Å². The first-order valence-electron chi connectivity index (χ1n) is 3.32. The summed E-state index contributed by atoms with van der Waals surface area (Å²) < 4.78 is 4.51. The van der Waals surface area contributed by atoms with Crippen LogP contribution in [0.5, 0.6) is 0 Å². The summed E-state index contributed by atoms with van der Waals surface area (Å²) in [6.07, 6.45) is 0.614. The molecule has 0 spiro atoms. The van der Waals surface area contributed by atoms with Crippen LogP contribution in [0.1, 0.15) is 6.42 Å². The minimum atomic E-state index is -0.270. The highest BCUT2D eigenvalue weighted by atomic mass is 35.5. The minimum absolute atomic E-state index is 0. The lowest BCUT2D eigenvalue weighted by Gasteiger charge is -2.12. The molecule has 1 heterocycles. The summed E-state index contributed by atoms with van der Waals surface area (Å²) in [5.41, 5.74) is 5.57. The van der Waals surface area contributed by atoms with E-state index in [1.165, 1.54) is 7.11 Å². The molecule has 1 amide bonds. The van der Waals surface area contributed by atoms with Crippen molar-refractivity contribution in [2.45, 2.75) is 12.5 Å². The second-order valence-corrected chi connectivity index (χ2v) is 2.46. The molecular formula is C6H13ClN2O2. The van der Waals surface area contributed by atoms with Gasteiger partial charge in [0.1, 0.15) is 0 Å². The van der Waals surface area contributed by atoms with Crippen molar-refractivity contribution in [2.24, 2.45) is 5.73 Å². The maximum Gasteiger partial charge on any atom is 0.409 e. The lowest BCUT2D eigenvalue weighted by Crippen LogP contribution is -2.31. The fourth-order valence-corrected chi connectivity index (χ4v) is 1.08. The van der Waals surface area contributed by atoms with Gasteiger partial charge in [0.05, 0.1) is 7.11 Å². The third-order valence-electron chi connectivity index (χ3n) is 1.66. The Morgan fingerprint density at radius 2 is 2.36 bits per heavy atom. The first-order chi connectivity index (χ1) is 4.74. The highest BCUT2D eigenvalue weighted by Gasteiger charge is 2.23. The molecule has 0 aromatic heterocycles. The Morgan fingerprint density at radius 3 is 2.73 bits per heavy atom. The van der Waals surface area contributed by atoms with Gasteiger partial charge in [0, 0.05) is 19.1 Å². The molecule has 0 aliphatic carbocycles. The summed E-state index contributed by atoms with van der Waals surface area (Å²) in [6.45, 7) is 1.36. The monoisotopic (exact) mass is 180 g/mol. The molecule has 1 unspecified atom stereocenters. The van der Waals surface area contributed by atoms with Gasteiger partial charge in [-0.3, -0.25) is 0 Å². The van der Waals surface area contributed by atoms with Gasteiger partial charge in [-0.25, -0.2) is 4.79 Å². The van der Waals surface area contributed by atoms with E-state index >= 15 is 0 Å².